The van der Waals surface area contributed by atoms with E-state index in [4.69, 9.17) is 0 Å². The van der Waals surface area contributed by atoms with Gasteiger partial charge in [0.25, 0.3) is 0 Å². The molecule has 0 amide bonds. The molecule has 1 aromatic heterocycles. The molecule has 0 spiro atoms. The fraction of sp³-hybridized carbons (Fsp3) is 0.375. The van der Waals surface area contributed by atoms with Crippen molar-refractivity contribution in [3.63, 3.8) is 0 Å². The van der Waals surface area contributed by atoms with Gasteiger partial charge in [0.15, 0.2) is 0 Å². The van der Waals surface area contributed by atoms with Crippen molar-refractivity contribution < 1.29 is 9.90 Å². The van der Waals surface area contributed by atoms with Gasteiger partial charge in [-0.05, 0) is 11.6 Å². The lowest BCUT2D eigenvalue weighted by atomic mass is 10.1. The number of aromatic nitrogens is 1. The minimum atomic E-state index is -0.773. The fourth-order valence-corrected chi connectivity index (χ4v) is 3.53. The third-order valence-electron chi connectivity index (χ3n) is 3.77. The Morgan fingerprint density at radius 2 is 2.24 bits per heavy atom. The van der Waals surface area contributed by atoms with E-state index in [1.807, 2.05) is 34.5 Å². The van der Waals surface area contributed by atoms with Crippen LogP contribution in [0.4, 0.5) is 5.69 Å². The first kappa shape index (κ1) is 14.1. The molecule has 1 aromatic carbocycles. The second kappa shape index (κ2) is 5.48. The first-order valence-electron chi connectivity index (χ1n) is 7.08. The number of carboxylic acid groups (broad SMARTS) is 1. The van der Waals surface area contributed by atoms with Crippen LogP contribution in [0.3, 0.4) is 0 Å². The van der Waals surface area contributed by atoms with E-state index in [0.29, 0.717) is 18.9 Å². The van der Waals surface area contributed by atoms with Crippen LogP contribution in [-0.4, -0.2) is 22.1 Å². The minimum Gasteiger partial charge on any atom is -0.480 e. The SMILES string of the molecule is CC(C)c1nc(CN2c3ccccc3CC2C(=O)O)cs1. The summed E-state index contributed by atoms with van der Waals surface area (Å²) < 4.78 is 0. The highest BCUT2D eigenvalue weighted by Gasteiger charge is 2.34. The number of carbonyl (C=O) groups is 1. The number of aliphatic carboxylic acids is 1. The summed E-state index contributed by atoms with van der Waals surface area (Å²) in [6, 6.07) is 7.42. The standard InChI is InChI=1S/C16H18N2O2S/c1-10(2)15-17-12(9-21-15)8-18-13-6-4-3-5-11(13)7-14(18)16(19)20/h3-6,9-10,14H,7-8H2,1-2H3,(H,19,20). The second-order valence-corrected chi connectivity index (χ2v) is 6.54. The number of hydrogen-bond donors (Lipinski definition) is 1. The zero-order valence-corrected chi connectivity index (χ0v) is 12.9. The van der Waals surface area contributed by atoms with E-state index in [0.717, 1.165) is 22.0 Å². The zero-order valence-electron chi connectivity index (χ0n) is 12.1. The molecule has 3 rings (SSSR count). The molecule has 4 nitrogen and oxygen atoms in total. The van der Waals surface area contributed by atoms with Crippen molar-refractivity contribution in [1.29, 1.82) is 0 Å². The van der Waals surface area contributed by atoms with Crippen LogP contribution in [0.15, 0.2) is 29.6 Å². The Kier molecular flexibility index (Phi) is 3.68. The second-order valence-electron chi connectivity index (χ2n) is 5.65. The molecule has 1 unspecified atom stereocenters. The van der Waals surface area contributed by atoms with Gasteiger partial charge in [-0.25, -0.2) is 9.78 Å². The van der Waals surface area contributed by atoms with Crippen LogP contribution >= 0.6 is 11.3 Å². The van der Waals surface area contributed by atoms with E-state index in [-0.39, 0.29) is 0 Å². The Hall–Kier alpha value is -1.88. The molecule has 1 N–H and O–H groups in total. The fourth-order valence-electron chi connectivity index (χ4n) is 2.70. The molecule has 0 bridgehead atoms. The number of rotatable bonds is 4. The van der Waals surface area contributed by atoms with Crippen molar-refractivity contribution in [2.75, 3.05) is 4.90 Å². The number of fused-ring (bicyclic) bond motifs is 1. The maximum atomic E-state index is 11.5. The van der Waals surface area contributed by atoms with Crippen molar-refractivity contribution >= 4 is 23.0 Å². The Morgan fingerprint density at radius 3 is 2.90 bits per heavy atom. The summed E-state index contributed by atoms with van der Waals surface area (Å²) in [5, 5.41) is 12.6. The predicted octanol–water partition coefficient (Wildman–Crippen LogP) is 3.28. The molecule has 5 heteroatoms. The molecule has 1 aliphatic heterocycles. The number of para-hydroxylation sites is 1. The first-order chi connectivity index (χ1) is 10.1. The van der Waals surface area contributed by atoms with Gasteiger partial charge in [-0.2, -0.15) is 0 Å². The van der Waals surface area contributed by atoms with Crippen LogP contribution in [0, 0.1) is 0 Å². The summed E-state index contributed by atoms with van der Waals surface area (Å²) in [5.41, 5.74) is 3.07. The van der Waals surface area contributed by atoms with Gasteiger partial charge in [0.2, 0.25) is 0 Å². The van der Waals surface area contributed by atoms with E-state index in [1.165, 1.54) is 0 Å². The van der Waals surface area contributed by atoms with Crippen molar-refractivity contribution in [3.8, 4) is 0 Å². The van der Waals surface area contributed by atoms with E-state index < -0.39 is 12.0 Å². The quantitative estimate of drug-likeness (QED) is 0.941. The largest absolute Gasteiger partial charge is 0.480 e. The number of benzene rings is 1. The van der Waals surface area contributed by atoms with Gasteiger partial charge in [-0.1, -0.05) is 32.0 Å². The Labute approximate surface area is 128 Å². The summed E-state index contributed by atoms with van der Waals surface area (Å²) in [7, 11) is 0. The van der Waals surface area contributed by atoms with Crippen molar-refractivity contribution in [3.05, 3.63) is 45.9 Å². The lowest BCUT2D eigenvalue weighted by molar-refractivity contribution is -0.138. The molecule has 0 aliphatic carbocycles. The van der Waals surface area contributed by atoms with Gasteiger partial charge in [0, 0.05) is 23.4 Å². The average Bonchev–Trinajstić information content (AvgIpc) is 3.05. The lowest BCUT2D eigenvalue weighted by Gasteiger charge is -2.23. The maximum absolute atomic E-state index is 11.5. The highest BCUT2D eigenvalue weighted by Crippen LogP contribution is 2.33. The highest BCUT2D eigenvalue weighted by atomic mass is 32.1. The predicted molar refractivity (Wildman–Crippen MR) is 84.0 cm³/mol. The Balaban J connectivity index is 1.89. The van der Waals surface area contributed by atoms with Crippen molar-refractivity contribution in [2.45, 2.75) is 38.8 Å². The van der Waals surface area contributed by atoms with Crippen LogP contribution in [-0.2, 0) is 17.8 Å². The number of nitrogens with zero attached hydrogens (tertiary/aromatic N) is 2. The van der Waals surface area contributed by atoms with Crippen molar-refractivity contribution in [1.82, 2.24) is 4.98 Å². The monoisotopic (exact) mass is 302 g/mol. The van der Waals surface area contributed by atoms with Crippen LogP contribution in [0.25, 0.3) is 0 Å². The first-order valence-corrected chi connectivity index (χ1v) is 7.96. The molecule has 21 heavy (non-hydrogen) atoms. The van der Waals surface area contributed by atoms with Crippen molar-refractivity contribution in [2.24, 2.45) is 0 Å². The van der Waals surface area contributed by atoms with Gasteiger partial charge >= 0.3 is 5.97 Å². The summed E-state index contributed by atoms with van der Waals surface area (Å²) >= 11 is 1.65. The summed E-state index contributed by atoms with van der Waals surface area (Å²) in [6.07, 6.45) is 0.562. The smallest absolute Gasteiger partial charge is 0.326 e. The Bertz CT molecular complexity index is 666. The normalized spacial score (nSPS) is 17.3. The van der Waals surface area contributed by atoms with Crippen LogP contribution in [0.5, 0.6) is 0 Å². The summed E-state index contributed by atoms with van der Waals surface area (Å²) in [6.45, 7) is 4.79. The molecular weight excluding hydrogens is 284 g/mol. The van der Waals surface area contributed by atoms with Gasteiger partial charge in [0.1, 0.15) is 6.04 Å². The van der Waals surface area contributed by atoms with Crippen LogP contribution < -0.4 is 4.90 Å². The van der Waals surface area contributed by atoms with Crippen LogP contribution in [0.1, 0.15) is 36.0 Å². The van der Waals surface area contributed by atoms with E-state index in [9.17, 15) is 9.90 Å². The lowest BCUT2D eigenvalue weighted by Crippen LogP contribution is -2.38. The highest BCUT2D eigenvalue weighted by molar-refractivity contribution is 7.09. The van der Waals surface area contributed by atoms with E-state index in [1.54, 1.807) is 11.3 Å². The molecule has 0 radical (unpaired) electrons. The molecule has 0 saturated carbocycles. The van der Waals surface area contributed by atoms with Crippen LogP contribution in [0.2, 0.25) is 0 Å². The number of anilines is 1. The average molecular weight is 302 g/mol. The molecule has 2 aromatic rings. The molecule has 1 atom stereocenters. The number of thiazole rings is 1. The number of carboxylic acids is 1. The third kappa shape index (κ3) is 2.65. The number of hydrogen-bond acceptors (Lipinski definition) is 4. The molecule has 0 fully saturated rings. The molecular formula is C16H18N2O2S. The summed E-state index contributed by atoms with van der Waals surface area (Å²) in [5.74, 6) is -0.365. The molecule has 1 aliphatic rings. The maximum Gasteiger partial charge on any atom is 0.326 e. The van der Waals surface area contributed by atoms with Gasteiger partial charge in [-0.3, -0.25) is 0 Å². The minimum absolute atomic E-state index is 0.407. The van der Waals surface area contributed by atoms with Gasteiger partial charge < -0.3 is 10.0 Å². The molecule has 0 saturated heterocycles. The third-order valence-corrected chi connectivity index (χ3v) is 4.97. The Morgan fingerprint density at radius 1 is 1.48 bits per heavy atom. The summed E-state index contributed by atoms with van der Waals surface area (Å²) in [4.78, 5) is 18.1. The zero-order chi connectivity index (χ0) is 15.0. The van der Waals surface area contributed by atoms with Gasteiger partial charge in [0.05, 0.1) is 17.2 Å². The van der Waals surface area contributed by atoms with Gasteiger partial charge in [-0.15, -0.1) is 11.3 Å². The van der Waals surface area contributed by atoms with E-state index >= 15 is 0 Å². The molecule has 2 heterocycles. The van der Waals surface area contributed by atoms with E-state index in [2.05, 4.69) is 18.8 Å². The topological polar surface area (TPSA) is 53.4 Å². The molecule has 110 valence electrons.